The highest BCUT2D eigenvalue weighted by atomic mass is 32.2. The van der Waals surface area contributed by atoms with Crippen LogP contribution in [-0.2, 0) is 15.9 Å². The summed E-state index contributed by atoms with van der Waals surface area (Å²) in [5, 5.41) is 0. The van der Waals surface area contributed by atoms with Crippen molar-refractivity contribution in [2.24, 2.45) is 0 Å². The molecule has 0 aliphatic heterocycles. The number of hydrogen-bond acceptors (Lipinski definition) is 3. The van der Waals surface area contributed by atoms with Crippen molar-refractivity contribution >= 4 is 21.8 Å². The van der Waals surface area contributed by atoms with E-state index in [2.05, 4.69) is 6.26 Å². The molecule has 1 rings (SSSR count). The minimum atomic E-state index is -3.20. The Morgan fingerprint density at radius 2 is 1.93 bits per heavy atom. The van der Waals surface area contributed by atoms with E-state index in [9.17, 15) is 8.42 Å². The second-order valence-corrected chi connectivity index (χ2v) is 6.13. The Morgan fingerprint density at radius 1 is 1.40 bits per heavy atom. The Kier molecular flexibility index (Phi) is 4.12. The van der Waals surface area contributed by atoms with Gasteiger partial charge in [-0.1, -0.05) is 0 Å². The molecule has 4 nitrogen and oxygen atoms in total. The first-order valence-corrected chi connectivity index (χ1v) is 6.86. The van der Waals surface area contributed by atoms with Crippen molar-refractivity contribution < 1.29 is 13.0 Å². The molecule has 0 amide bonds. The maximum atomic E-state index is 11.5. The van der Waals surface area contributed by atoms with E-state index in [4.69, 9.17) is 0 Å². The van der Waals surface area contributed by atoms with Gasteiger partial charge in [-0.3, -0.25) is 0 Å². The van der Waals surface area contributed by atoms with Crippen molar-refractivity contribution in [2.45, 2.75) is 10.8 Å². The van der Waals surface area contributed by atoms with Crippen LogP contribution in [0.25, 0.3) is 0 Å². The summed E-state index contributed by atoms with van der Waals surface area (Å²) in [6, 6.07) is 3.67. The maximum Gasteiger partial charge on any atom is 0.274 e. The van der Waals surface area contributed by atoms with Gasteiger partial charge in [0.25, 0.3) is 15.9 Å². The van der Waals surface area contributed by atoms with E-state index in [0.29, 0.717) is 0 Å². The van der Waals surface area contributed by atoms with Gasteiger partial charge in [0.15, 0.2) is 12.4 Å². The SMILES string of the molecule is [CH2]Sc1cc[n+](CS(=O)(=O)N(C)C)cc1. The van der Waals surface area contributed by atoms with E-state index in [1.165, 1.54) is 30.2 Å². The van der Waals surface area contributed by atoms with E-state index >= 15 is 0 Å². The molecule has 0 atom stereocenters. The van der Waals surface area contributed by atoms with Gasteiger partial charge in [-0.25, -0.2) is 12.7 Å². The zero-order valence-electron chi connectivity index (χ0n) is 8.75. The number of pyridine rings is 1. The molecule has 83 valence electrons. The molecular formula is C9H14N2O2S2+. The molecule has 1 heterocycles. The van der Waals surface area contributed by atoms with Gasteiger partial charge in [0.05, 0.1) is 0 Å². The van der Waals surface area contributed by atoms with Gasteiger partial charge in [0.2, 0.25) is 0 Å². The average Bonchev–Trinajstić information content (AvgIpc) is 2.18. The van der Waals surface area contributed by atoms with Gasteiger partial charge < -0.3 is 0 Å². The lowest BCUT2D eigenvalue weighted by atomic mass is 10.5. The van der Waals surface area contributed by atoms with Crippen LogP contribution in [-0.4, -0.2) is 26.8 Å². The van der Waals surface area contributed by atoms with Gasteiger partial charge in [0, 0.05) is 37.4 Å². The Balaban J connectivity index is 2.82. The third-order valence-corrected chi connectivity index (χ3v) is 4.24. The molecule has 15 heavy (non-hydrogen) atoms. The summed E-state index contributed by atoms with van der Waals surface area (Å²) in [6.45, 7) is 0. The van der Waals surface area contributed by atoms with Crippen LogP contribution in [0.4, 0.5) is 0 Å². The Labute approximate surface area is 95.0 Å². The predicted molar refractivity (Wildman–Crippen MR) is 60.5 cm³/mol. The Morgan fingerprint density at radius 3 is 2.33 bits per heavy atom. The largest absolute Gasteiger partial charge is 0.274 e. The summed E-state index contributed by atoms with van der Waals surface area (Å²) in [5.74, 6) is -0.0396. The van der Waals surface area contributed by atoms with Crippen molar-refractivity contribution in [3.63, 3.8) is 0 Å². The van der Waals surface area contributed by atoms with Gasteiger partial charge in [-0.2, -0.15) is 4.57 Å². The lowest BCUT2D eigenvalue weighted by molar-refractivity contribution is -0.678. The molecular weight excluding hydrogens is 232 g/mol. The lowest BCUT2D eigenvalue weighted by Gasteiger charge is -2.07. The topological polar surface area (TPSA) is 41.3 Å². The van der Waals surface area contributed by atoms with Crippen molar-refractivity contribution in [3.05, 3.63) is 30.8 Å². The van der Waals surface area contributed by atoms with Gasteiger partial charge >= 0.3 is 0 Å². The summed E-state index contributed by atoms with van der Waals surface area (Å²) < 4.78 is 25.9. The second-order valence-electron chi connectivity index (χ2n) is 3.22. The molecule has 0 saturated heterocycles. The van der Waals surface area contributed by atoms with Crippen LogP contribution in [0.15, 0.2) is 29.4 Å². The summed E-state index contributed by atoms with van der Waals surface area (Å²) in [7, 11) is -0.149. The van der Waals surface area contributed by atoms with E-state index in [0.717, 1.165) is 4.90 Å². The van der Waals surface area contributed by atoms with Crippen molar-refractivity contribution in [2.75, 3.05) is 14.1 Å². The van der Waals surface area contributed by atoms with Gasteiger partial charge in [0.1, 0.15) is 0 Å². The molecule has 0 aliphatic rings. The fourth-order valence-electron chi connectivity index (χ4n) is 0.930. The minimum absolute atomic E-state index is 0.0396. The van der Waals surface area contributed by atoms with Crippen LogP contribution in [0, 0.1) is 6.26 Å². The maximum absolute atomic E-state index is 11.5. The molecule has 0 fully saturated rings. The van der Waals surface area contributed by atoms with Crippen LogP contribution in [0.5, 0.6) is 0 Å². The molecule has 0 spiro atoms. The van der Waals surface area contributed by atoms with Crippen LogP contribution in [0.2, 0.25) is 0 Å². The molecule has 0 saturated carbocycles. The third-order valence-electron chi connectivity index (χ3n) is 1.90. The number of thioether (sulfide) groups is 1. The fraction of sp³-hybridized carbons (Fsp3) is 0.333. The van der Waals surface area contributed by atoms with Crippen LogP contribution >= 0.6 is 11.8 Å². The summed E-state index contributed by atoms with van der Waals surface area (Å²) in [6.07, 6.45) is 7.13. The minimum Gasteiger partial charge on any atom is -0.205 e. The van der Waals surface area contributed by atoms with E-state index in [1.807, 2.05) is 12.1 Å². The molecule has 1 radical (unpaired) electrons. The second kappa shape index (κ2) is 4.96. The zero-order chi connectivity index (χ0) is 11.5. The third kappa shape index (κ3) is 3.48. The summed E-state index contributed by atoms with van der Waals surface area (Å²) in [4.78, 5) is 1.01. The van der Waals surface area contributed by atoms with Crippen LogP contribution in [0.3, 0.4) is 0 Å². The molecule has 1 aromatic heterocycles. The highest BCUT2D eigenvalue weighted by molar-refractivity contribution is 8.00. The average molecular weight is 246 g/mol. The molecule has 0 bridgehead atoms. The fourth-order valence-corrected chi connectivity index (χ4v) is 2.02. The quantitative estimate of drug-likeness (QED) is 0.580. The highest BCUT2D eigenvalue weighted by Crippen LogP contribution is 2.12. The molecule has 6 heteroatoms. The van der Waals surface area contributed by atoms with E-state index in [1.54, 1.807) is 17.0 Å². The smallest absolute Gasteiger partial charge is 0.205 e. The summed E-state index contributed by atoms with van der Waals surface area (Å²) >= 11 is 1.38. The summed E-state index contributed by atoms with van der Waals surface area (Å²) in [5.41, 5.74) is 0. The first-order chi connectivity index (χ1) is 6.95. The Hall–Kier alpha value is -0.590. The van der Waals surface area contributed by atoms with E-state index < -0.39 is 10.0 Å². The first-order valence-electron chi connectivity index (χ1n) is 4.27. The first kappa shape index (κ1) is 12.5. The standard InChI is InChI=1S/C9H14N2O2S2/c1-10(2)15(12,13)8-11-6-4-9(14-3)5-7-11/h4-7H,3,8H2,1-2H3/q+1. The number of aromatic nitrogens is 1. The molecule has 0 aromatic carbocycles. The number of rotatable bonds is 4. The predicted octanol–water partition coefficient (Wildman–Crippen LogP) is 0.707. The van der Waals surface area contributed by atoms with Gasteiger partial charge in [-0.15, -0.1) is 11.8 Å². The van der Waals surface area contributed by atoms with E-state index in [-0.39, 0.29) is 5.88 Å². The lowest BCUT2D eigenvalue weighted by Crippen LogP contribution is -2.41. The Bertz CT molecular complexity index is 412. The number of nitrogens with zero attached hydrogens (tertiary/aromatic N) is 2. The van der Waals surface area contributed by atoms with Crippen molar-refractivity contribution in [3.8, 4) is 0 Å². The molecule has 0 unspecified atom stereocenters. The van der Waals surface area contributed by atoms with Crippen molar-refractivity contribution in [1.82, 2.24) is 4.31 Å². The monoisotopic (exact) mass is 246 g/mol. The number of hydrogen-bond donors (Lipinski definition) is 0. The number of sulfonamides is 1. The van der Waals surface area contributed by atoms with Crippen molar-refractivity contribution in [1.29, 1.82) is 0 Å². The molecule has 0 N–H and O–H groups in total. The van der Waals surface area contributed by atoms with Crippen LogP contribution in [0.1, 0.15) is 0 Å². The zero-order valence-corrected chi connectivity index (χ0v) is 10.4. The highest BCUT2D eigenvalue weighted by Gasteiger charge is 2.19. The van der Waals surface area contributed by atoms with Crippen LogP contribution < -0.4 is 4.57 Å². The molecule has 1 aromatic rings. The van der Waals surface area contributed by atoms with Gasteiger partial charge in [-0.05, 0) is 0 Å². The normalized spacial score (nSPS) is 12.0. The molecule has 0 aliphatic carbocycles.